The van der Waals surface area contributed by atoms with Gasteiger partial charge in [0.15, 0.2) is 0 Å². The fourth-order valence-corrected chi connectivity index (χ4v) is 4.37. The van der Waals surface area contributed by atoms with Crippen molar-refractivity contribution in [2.24, 2.45) is 0 Å². The molecule has 2 heterocycles. The Hall–Kier alpha value is -4.52. The highest BCUT2D eigenvalue weighted by atomic mass is 16.1. The van der Waals surface area contributed by atoms with Crippen molar-refractivity contribution in [3.8, 4) is 22.5 Å². The number of hydrogen-bond acceptors (Lipinski definition) is 4. The number of benzene rings is 3. The molecule has 0 aliphatic heterocycles. The lowest BCUT2D eigenvalue weighted by atomic mass is 9.98. The van der Waals surface area contributed by atoms with E-state index in [2.05, 4.69) is 68.6 Å². The van der Waals surface area contributed by atoms with Crippen molar-refractivity contribution in [2.45, 2.75) is 25.8 Å². The summed E-state index contributed by atoms with van der Waals surface area (Å²) in [5, 5.41) is 14.4. The van der Waals surface area contributed by atoms with E-state index in [1.165, 1.54) is 5.56 Å². The second-order valence-electron chi connectivity index (χ2n) is 8.41. The topological polar surface area (TPSA) is 92.2 Å². The van der Waals surface area contributed by atoms with Gasteiger partial charge in [0.25, 0.3) is 0 Å². The molecule has 174 valence electrons. The number of imidazole rings is 1. The van der Waals surface area contributed by atoms with Gasteiger partial charge in [-0.05, 0) is 40.3 Å². The number of allylic oxidation sites excluding steroid dienone is 1. The first-order chi connectivity index (χ1) is 17.2. The molecular weight excluding hydrogens is 436 g/mol. The Morgan fingerprint density at radius 2 is 1.63 bits per heavy atom. The van der Waals surface area contributed by atoms with Crippen LogP contribution in [-0.2, 0) is 19.4 Å². The van der Waals surface area contributed by atoms with Gasteiger partial charge in [0.1, 0.15) is 0 Å². The number of hydrogen-bond donors (Lipinski definition) is 2. The molecule has 2 aromatic heterocycles. The summed E-state index contributed by atoms with van der Waals surface area (Å²) in [7, 11) is 0. The number of tetrazole rings is 1. The van der Waals surface area contributed by atoms with Gasteiger partial charge in [0, 0.05) is 23.4 Å². The van der Waals surface area contributed by atoms with Gasteiger partial charge in [-0.3, -0.25) is 4.57 Å². The van der Waals surface area contributed by atoms with Crippen LogP contribution >= 0.6 is 0 Å². The molecule has 0 spiro atoms. The van der Waals surface area contributed by atoms with Gasteiger partial charge in [0.05, 0.1) is 6.54 Å². The highest BCUT2D eigenvalue weighted by Crippen LogP contribution is 2.29. The lowest BCUT2D eigenvalue weighted by Gasteiger charge is -2.11. The van der Waals surface area contributed by atoms with Crippen molar-refractivity contribution in [1.29, 1.82) is 0 Å². The molecule has 5 rings (SSSR count). The van der Waals surface area contributed by atoms with Gasteiger partial charge in [-0.25, -0.2) is 4.79 Å². The third-order valence-electron chi connectivity index (χ3n) is 6.11. The van der Waals surface area contributed by atoms with Gasteiger partial charge < -0.3 is 4.98 Å². The Morgan fingerprint density at radius 3 is 2.34 bits per heavy atom. The molecule has 0 radical (unpaired) electrons. The molecule has 0 atom stereocenters. The summed E-state index contributed by atoms with van der Waals surface area (Å²) in [5.74, 6) is 0.557. The van der Waals surface area contributed by atoms with Crippen molar-refractivity contribution in [3.63, 3.8) is 0 Å². The normalized spacial score (nSPS) is 11.0. The van der Waals surface area contributed by atoms with Gasteiger partial charge in [-0.15, -0.1) is 16.8 Å². The zero-order valence-electron chi connectivity index (χ0n) is 19.3. The maximum Gasteiger partial charge on any atom is 0.326 e. The van der Waals surface area contributed by atoms with Crippen LogP contribution in [0.3, 0.4) is 0 Å². The van der Waals surface area contributed by atoms with E-state index in [1.54, 1.807) is 0 Å². The minimum Gasteiger partial charge on any atom is -0.309 e. The molecule has 35 heavy (non-hydrogen) atoms. The maximum absolute atomic E-state index is 12.9. The summed E-state index contributed by atoms with van der Waals surface area (Å²) in [6, 6.07) is 26.4. The average molecular weight is 463 g/mol. The summed E-state index contributed by atoms with van der Waals surface area (Å²) >= 11 is 0. The number of rotatable bonds is 9. The van der Waals surface area contributed by atoms with E-state index in [9.17, 15) is 4.79 Å². The van der Waals surface area contributed by atoms with Crippen LogP contribution in [0.1, 0.15) is 28.9 Å². The van der Waals surface area contributed by atoms with E-state index in [0.717, 1.165) is 46.5 Å². The average Bonchev–Trinajstić information content (AvgIpc) is 3.53. The van der Waals surface area contributed by atoms with Gasteiger partial charge in [-0.1, -0.05) is 84.9 Å². The second-order valence-corrected chi connectivity index (χ2v) is 8.41. The molecule has 0 aliphatic carbocycles. The lowest BCUT2D eigenvalue weighted by molar-refractivity contribution is 0.705. The predicted octanol–water partition coefficient (Wildman–Crippen LogP) is 4.78. The van der Waals surface area contributed by atoms with Crippen molar-refractivity contribution in [1.82, 2.24) is 30.2 Å². The van der Waals surface area contributed by atoms with Crippen molar-refractivity contribution in [3.05, 3.63) is 125 Å². The molecule has 0 saturated heterocycles. The fourth-order valence-electron chi connectivity index (χ4n) is 4.37. The Morgan fingerprint density at radius 1 is 0.886 bits per heavy atom. The van der Waals surface area contributed by atoms with Crippen LogP contribution in [-0.4, -0.2) is 30.2 Å². The van der Waals surface area contributed by atoms with Crippen molar-refractivity contribution < 1.29 is 0 Å². The largest absolute Gasteiger partial charge is 0.326 e. The van der Waals surface area contributed by atoms with Gasteiger partial charge >= 0.3 is 5.69 Å². The predicted molar refractivity (Wildman–Crippen MR) is 137 cm³/mol. The van der Waals surface area contributed by atoms with E-state index in [4.69, 9.17) is 0 Å². The van der Waals surface area contributed by atoms with Crippen LogP contribution in [0.25, 0.3) is 22.5 Å². The number of aromatic amines is 2. The van der Waals surface area contributed by atoms with Crippen LogP contribution in [0.5, 0.6) is 0 Å². The second kappa shape index (κ2) is 10.2. The van der Waals surface area contributed by atoms with E-state index < -0.39 is 0 Å². The molecular formula is C28H26N6O. The minimum absolute atomic E-state index is 0.0819. The number of H-pyrrole nitrogens is 2. The Kier molecular flexibility index (Phi) is 6.48. The number of nitrogens with one attached hydrogen (secondary N) is 2. The molecule has 7 heteroatoms. The van der Waals surface area contributed by atoms with E-state index >= 15 is 0 Å². The quantitative estimate of drug-likeness (QED) is 0.308. The van der Waals surface area contributed by atoms with E-state index in [-0.39, 0.29) is 5.69 Å². The maximum atomic E-state index is 12.9. The first-order valence-corrected chi connectivity index (χ1v) is 11.6. The summed E-state index contributed by atoms with van der Waals surface area (Å²) in [6.07, 6.45) is 4.16. The summed E-state index contributed by atoms with van der Waals surface area (Å²) in [4.78, 5) is 16.0. The number of aromatic nitrogens is 6. The molecule has 0 aliphatic rings. The highest BCUT2D eigenvalue weighted by molar-refractivity contribution is 5.80. The minimum atomic E-state index is -0.0819. The summed E-state index contributed by atoms with van der Waals surface area (Å²) < 4.78 is 1.85. The van der Waals surface area contributed by atoms with Crippen molar-refractivity contribution in [2.75, 3.05) is 0 Å². The summed E-state index contributed by atoms with van der Waals surface area (Å²) in [5.41, 5.74) is 7.13. The molecule has 0 bridgehead atoms. The first-order valence-electron chi connectivity index (χ1n) is 11.6. The van der Waals surface area contributed by atoms with Crippen molar-refractivity contribution >= 4 is 0 Å². The Balaban J connectivity index is 1.43. The van der Waals surface area contributed by atoms with Crippen LogP contribution < -0.4 is 5.69 Å². The van der Waals surface area contributed by atoms with Crippen LogP contribution in [0, 0.1) is 0 Å². The molecule has 7 nitrogen and oxygen atoms in total. The SMILES string of the molecule is C=CCCc1c(Cc2ccccc2)[nH]c(=O)n1Cc1ccc(-c2ccccc2-c2nn[nH]n2)cc1. The zero-order valence-corrected chi connectivity index (χ0v) is 19.3. The monoisotopic (exact) mass is 462 g/mol. The molecule has 0 amide bonds. The van der Waals surface area contributed by atoms with Crippen LogP contribution in [0.2, 0.25) is 0 Å². The Bertz CT molecular complexity index is 1460. The fraction of sp³-hybridized carbons (Fsp3) is 0.143. The zero-order chi connectivity index (χ0) is 24.0. The molecule has 3 aromatic carbocycles. The standard InChI is InChI=1S/C28H26N6O/c1-2-3-13-26-25(18-20-9-5-4-6-10-20)29-28(35)34(26)19-21-14-16-22(17-15-21)23-11-7-8-12-24(23)27-30-32-33-31-27/h2,4-12,14-17H,1,3,13,18-19H2,(H,29,35)(H,30,31,32,33). The molecule has 0 saturated carbocycles. The smallest absolute Gasteiger partial charge is 0.309 e. The van der Waals surface area contributed by atoms with E-state index in [1.807, 2.05) is 53.1 Å². The van der Waals surface area contributed by atoms with Crippen LogP contribution in [0.4, 0.5) is 0 Å². The first kappa shape index (κ1) is 22.3. The number of nitrogens with zero attached hydrogens (tertiary/aromatic N) is 4. The molecule has 2 N–H and O–H groups in total. The third kappa shape index (κ3) is 4.89. The highest BCUT2D eigenvalue weighted by Gasteiger charge is 2.15. The Labute approximate surface area is 203 Å². The van der Waals surface area contributed by atoms with Crippen LogP contribution in [0.15, 0.2) is 96.3 Å². The molecule has 5 aromatic rings. The summed E-state index contributed by atoms with van der Waals surface area (Å²) in [6.45, 7) is 4.36. The molecule has 0 unspecified atom stereocenters. The lowest BCUT2D eigenvalue weighted by Crippen LogP contribution is -2.19. The van der Waals surface area contributed by atoms with Gasteiger partial charge in [-0.2, -0.15) is 5.21 Å². The van der Waals surface area contributed by atoms with Gasteiger partial charge in [0.2, 0.25) is 5.82 Å². The van der Waals surface area contributed by atoms with E-state index in [0.29, 0.717) is 18.8 Å². The third-order valence-corrected chi connectivity index (χ3v) is 6.11. The molecule has 0 fully saturated rings.